The van der Waals surface area contributed by atoms with Crippen LogP contribution in [-0.4, -0.2) is 53.7 Å². The molecule has 2 atom stereocenters. The highest BCUT2D eigenvalue weighted by atomic mass is 35.5. The number of hydrogen-bond acceptors (Lipinski definition) is 6. The Labute approximate surface area is 277 Å². The maximum absolute atomic E-state index is 16.2. The summed E-state index contributed by atoms with van der Waals surface area (Å²) in [7, 11) is 0. The number of ether oxygens (including phenoxy) is 1. The van der Waals surface area contributed by atoms with Gasteiger partial charge in [-0.15, -0.1) is 11.3 Å². The Balaban J connectivity index is 1.46. The first-order valence-electron chi connectivity index (χ1n) is 15.4. The molecule has 0 spiro atoms. The molecule has 11 heteroatoms. The molecule has 1 aliphatic rings. The lowest BCUT2D eigenvalue weighted by molar-refractivity contribution is -0.137. The largest absolute Gasteiger partial charge is 0.464 e. The van der Waals surface area contributed by atoms with Crippen molar-refractivity contribution in [2.24, 2.45) is 10.9 Å². The van der Waals surface area contributed by atoms with Crippen molar-refractivity contribution in [2.45, 2.75) is 53.3 Å². The molecular formula is C35H39ClFN5O3S. The molecule has 0 fully saturated rings. The summed E-state index contributed by atoms with van der Waals surface area (Å²) in [6.07, 6.45) is 1.93. The van der Waals surface area contributed by atoms with Crippen molar-refractivity contribution in [3.8, 4) is 17.0 Å². The second-order valence-corrected chi connectivity index (χ2v) is 13.2. The number of aryl methyl sites for hydroxylation is 1. The highest BCUT2D eigenvalue weighted by molar-refractivity contribution is 7.12. The first-order chi connectivity index (χ1) is 22.1. The molecule has 2 aromatic carbocycles. The highest BCUT2D eigenvalue weighted by Gasteiger charge is 2.33. The van der Waals surface area contributed by atoms with Crippen molar-refractivity contribution >= 4 is 58.1 Å². The molecule has 2 N–H and O–H groups in total. The van der Waals surface area contributed by atoms with Gasteiger partial charge in [-0.25, -0.2) is 4.39 Å². The number of halogens is 2. The van der Waals surface area contributed by atoms with E-state index in [0.717, 1.165) is 22.2 Å². The van der Waals surface area contributed by atoms with E-state index >= 15 is 4.39 Å². The molecule has 242 valence electrons. The van der Waals surface area contributed by atoms with Crippen LogP contribution in [0.5, 0.6) is 5.75 Å². The Morgan fingerprint density at radius 1 is 1.20 bits per heavy atom. The van der Waals surface area contributed by atoms with E-state index < -0.39 is 18.1 Å². The Kier molecular flexibility index (Phi) is 10.2. The predicted octanol–water partition coefficient (Wildman–Crippen LogP) is 7.26. The number of aliphatic imine (C=N–C) groups is 1. The van der Waals surface area contributed by atoms with E-state index in [0.29, 0.717) is 52.9 Å². The number of nitrogens with zero attached hydrogens (tertiary/aromatic N) is 3. The summed E-state index contributed by atoms with van der Waals surface area (Å²) in [6, 6.07) is 14.4. The summed E-state index contributed by atoms with van der Waals surface area (Å²) < 4.78 is 24.8. The minimum atomic E-state index is -0.620. The third-order valence-corrected chi connectivity index (χ3v) is 9.57. The predicted molar refractivity (Wildman–Crippen MR) is 185 cm³/mol. The van der Waals surface area contributed by atoms with Crippen LogP contribution in [0.3, 0.4) is 0 Å². The molecule has 0 saturated heterocycles. The number of thiophene rings is 1. The van der Waals surface area contributed by atoms with Crippen molar-refractivity contribution in [1.82, 2.24) is 20.1 Å². The fourth-order valence-electron chi connectivity index (χ4n) is 5.80. The summed E-state index contributed by atoms with van der Waals surface area (Å²) in [4.78, 5) is 32.8. The van der Waals surface area contributed by atoms with E-state index in [2.05, 4.69) is 41.4 Å². The van der Waals surface area contributed by atoms with Crippen molar-refractivity contribution in [3.05, 3.63) is 80.9 Å². The molecule has 0 bridgehead atoms. The quantitative estimate of drug-likeness (QED) is 0.156. The van der Waals surface area contributed by atoms with Crippen LogP contribution in [0.1, 0.15) is 56.2 Å². The van der Waals surface area contributed by atoms with E-state index in [9.17, 15) is 9.59 Å². The molecule has 8 nitrogen and oxygen atoms in total. The Bertz CT molecular complexity index is 1810. The van der Waals surface area contributed by atoms with Gasteiger partial charge in [-0.3, -0.25) is 19.1 Å². The number of carbonyl (C=O) groups excluding carboxylic acids is 2. The molecule has 2 amide bonds. The summed E-state index contributed by atoms with van der Waals surface area (Å²) in [5.41, 5.74) is 3.03. The maximum atomic E-state index is 16.2. The van der Waals surface area contributed by atoms with Gasteiger partial charge in [-0.1, -0.05) is 32.4 Å². The van der Waals surface area contributed by atoms with Crippen LogP contribution >= 0.6 is 22.9 Å². The fourth-order valence-corrected chi connectivity index (χ4v) is 6.95. The molecule has 5 rings (SSSR count). The van der Waals surface area contributed by atoms with Gasteiger partial charge in [0, 0.05) is 53.6 Å². The van der Waals surface area contributed by atoms with Crippen LogP contribution < -0.4 is 15.4 Å². The van der Waals surface area contributed by atoms with Gasteiger partial charge in [0.15, 0.2) is 0 Å². The molecule has 1 aliphatic heterocycles. The summed E-state index contributed by atoms with van der Waals surface area (Å²) in [6.45, 7) is 14.0. The molecule has 0 radical (unpaired) electrons. The van der Waals surface area contributed by atoms with Crippen molar-refractivity contribution < 1.29 is 18.7 Å². The molecule has 2 aromatic heterocycles. The summed E-state index contributed by atoms with van der Waals surface area (Å²) >= 11 is 8.01. The average molecular weight is 664 g/mol. The lowest BCUT2D eigenvalue weighted by Gasteiger charge is -2.30. The zero-order valence-corrected chi connectivity index (χ0v) is 28.3. The molecule has 3 heterocycles. The van der Waals surface area contributed by atoms with Crippen LogP contribution in [0.2, 0.25) is 5.02 Å². The lowest BCUT2D eigenvalue weighted by atomic mass is 10.0. The van der Waals surface area contributed by atoms with Gasteiger partial charge in [0.25, 0.3) is 0 Å². The number of fused-ring (bicyclic) bond motifs is 5. The van der Waals surface area contributed by atoms with Crippen LogP contribution in [0.4, 0.5) is 4.39 Å². The maximum Gasteiger partial charge on any atom is 0.245 e. The Morgan fingerprint density at radius 3 is 2.63 bits per heavy atom. The second-order valence-electron chi connectivity index (χ2n) is 11.6. The third-order valence-electron chi connectivity index (χ3n) is 8.07. The first kappa shape index (κ1) is 33.2. The molecular weight excluding hydrogens is 625 g/mol. The van der Waals surface area contributed by atoms with Crippen LogP contribution in [0, 0.1) is 11.7 Å². The molecule has 4 aromatic rings. The van der Waals surface area contributed by atoms with Gasteiger partial charge >= 0.3 is 0 Å². The number of likely N-dealkylation sites (N-methyl/N-ethyl adjacent to an activating group) is 1. The summed E-state index contributed by atoms with van der Waals surface area (Å²) in [5.74, 6) is -0.516. The Hall–Kier alpha value is -4.15. The standard InChI is InChI=1S/C35H39ClFN5O3S/c1-7-25-10-12-31(46-25)35-42-28-11-9-24(36)15-23(28)17-29(42)32-26(37)16-22(18-30(32)45-35)27(19-38-6)39-13-14-41(8-2)34(44)33(20(3)4)40-21(5)43/h9-12,15-20,33,35,39H,6-8,13-14H2,1-5H3,(H,40,43)/b27-19-. The van der Waals surface area contributed by atoms with Gasteiger partial charge in [0.1, 0.15) is 17.6 Å². The Morgan fingerprint density at radius 2 is 1.98 bits per heavy atom. The van der Waals surface area contributed by atoms with Gasteiger partial charge in [-0.2, -0.15) is 0 Å². The topological polar surface area (TPSA) is 88.0 Å². The van der Waals surface area contributed by atoms with Gasteiger partial charge in [0.05, 0.1) is 27.3 Å². The van der Waals surface area contributed by atoms with E-state index in [1.54, 1.807) is 16.2 Å². The number of amides is 2. The SMILES string of the molecule is C=N/C=C(\NCCN(CC)C(=O)C(NC(C)=O)C(C)C)c1cc(F)c2c(c1)OC(c1ccc(CC)s1)n1c-2cc2cc(Cl)ccc21. The third kappa shape index (κ3) is 6.69. The molecule has 2 unspecified atom stereocenters. The van der Waals surface area contributed by atoms with E-state index in [4.69, 9.17) is 16.3 Å². The van der Waals surface area contributed by atoms with E-state index in [1.165, 1.54) is 24.1 Å². The normalized spacial score (nSPS) is 14.8. The van der Waals surface area contributed by atoms with Gasteiger partial charge in [0.2, 0.25) is 18.0 Å². The first-order valence-corrected chi connectivity index (χ1v) is 16.6. The molecule has 0 aliphatic carbocycles. The smallest absolute Gasteiger partial charge is 0.245 e. The number of nitrogens with one attached hydrogen (secondary N) is 2. The average Bonchev–Trinajstić information content (AvgIpc) is 3.65. The minimum absolute atomic E-state index is 0.0699. The van der Waals surface area contributed by atoms with Crippen LogP contribution in [0.25, 0.3) is 27.9 Å². The van der Waals surface area contributed by atoms with Gasteiger partial charge in [-0.05, 0) is 74.5 Å². The lowest BCUT2D eigenvalue weighted by Crippen LogP contribution is -2.51. The summed E-state index contributed by atoms with van der Waals surface area (Å²) in [5, 5.41) is 7.57. The van der Waals surface area contributed by atoms with E-state index in [-0.39, 0.29) is 17.7 Å². The molecule has 46 heavy (non-hydrogen) atoms. The highest BCUT2D eigenvalue weighted by Crippen LogP contribution is 2.47. The zero-order chi connectivity index (χ0) is 33.1. The van der Waals surface area contributed by atoms with Crippen LogP contribution in [-0.2, 0) is 16.0 Å². The minimum Gasteiger partial charge on any atom is -0.464 e. The molecule has 0 saturated carbocycles. The second kappa shape index (κ2) is 14.1. The fraction of sp³-hybridized carbons (Fsp3) is 0.343. The number of carbonyl (C=O) groups is 2. The van der Waals surface area contributed by atoms with E-state index in [1.807, 2.05) is 55.7 Å². The van der Waals surface area contributed by atoms with Crippen LogP contribution in [0.15, 0.2) is 59.7 Å². The van der Waals surface area contributed by atoms with Crippen molar-refractivity contribution in [1.29, 1.82) is 0 Å². The number of benzene rings is 2. The number of hydrogen-bond donors (Lipinski definition) is 2. The zero-order valence-electron chi connectivity index (χ0n) is 26.7. The number of aromatic nitrogens is 1. The van der Waals surface area contributed by atoms with Crippen molar-refractivity contribution in [3.63, 3.8) is 0 Å². The van der Waals surface area contributed by atoms with Crippen molar-refractivity contribution in [2.75, 3.05) is 19.6 Å². The van der Waals surface area contributed by atoms with Gasteiger partial charge < -0.3 is 20.3 Å². The monoisotopic (exact) mass is 663 g/mol. The number of rotatable bonds is 12.